The van der Waals surface area contributed by atoms with E-state index in [9.17, 15) is 9.90 Å². The van der Waals surface area contributed by atoms with Gasteiger partial charge < -0.3 is 15.7 Å². The molecule has 4 nitrogen and oxygen atoms in total. The van der Waals surface area contributed by atoms with Crippen LogP contribution in [-0.4, -0.2) is 35.1 Å². The number of aliphatic hydroxyl groups is 1. The number of aliphatic hydroxyl groups excluding tert-OH is 1. The van der Waals surface area contributed by atoms with E-state index in [1.807, 2.05) is 25.1 Å². The van der Waals surface area contributed by atoms with Crippen molar-refractivity contribution in [3.8, 4) is 0 Å². The van der Waals surface area contributed by atoms with E-state index in [1.54, 1.807) is 4.90 Å². The highest BCUT2D eigenvalue weighted by atomic mass is 32.1. The number of thiophene rings is 1. The Bertz CT molecular complexity index is 676. The second-order valence-electron chi connectivity index (χ2n) is 5.65. The molecule has 1 aliphatic carbocycles. The molecule has 1 amide bonds. The normalized spacial score (nSPS) is 15.1. The second kappa shape index (κ2) is 5.66. The van der Waals surface area contributed by atoms with Crippen LogP contribution >= 0.6 is 11.3 Å². The average molecular weight is 304 g/mol. The molecule has 2 aromatic rings. The van der Waals surface area contributed by atoms with Crippen LogP contribution in [-0.2, 0) is 0 Å². The minimum Gasteiger partial charge on any atom is -0.397 e. The van der Waals surface area contributed by atoms with E-state index in [2.05, 4.69) is 0 Å². The molecule has 112 valence electrons. The first kappa shape index (κ1) is 14.4. The Balaban J connectivity index is 1.97. The van der Waals surface area contributed by atoms with E-state index < -0.39 is 0 Å². The summed E-state index contributed by atoms with van der Waals surface area (Å²) in [6.07, 6.45) is 3.20. The Kier molecular flexibility index (Phi) is 3.87. The van der Waals surface area contributed by atoms with Crippen LogP contribution in [0.25, 0.3) is 10.1 Å². The molecule has 0 radical (unpaired) electrons. The van der Waals surface area contributed by atoms with Crippen molar-refractivity contribution in [2.45, 2.75) is 32.2 Å². The van der Waals surface area contributed by atoms with E-state index in [0.717, 1.165) is 34.9 Å². The van der Waals surface area contributed by atoms with Crippen LogP contribution in [0.15, 0.2) is 18.2 Å². The number of rotatable bonds is 4. The minimum atomic E-state index is -0.0369. The maximum absolute atomic E-state index is 12.8. The van der Waals surface area contributed by atoms with Gasteiger partial charge in [-0.1, -0.05) is 11.6 Å². The molecule has 3 N–H and O–H groups in total. The van der Waals surface area contributed by atoms with Gasteiger partial charge in [0.1, 0.15) is 4.88 Å². The molecule has 1 aromatic carbocycles. The quantitative estimate of drug-likeness (QED) is 0.912. The van der Waals surface area contributed by atoms with Crippen LogP contribution in [0.5, 0.6) is 0 Å². The minimum absolute atomic E-state index is 0.00779. The maximum atomic E-state index is 12.8. The summed E-state index contributed by atoms with van der Waals surface area (Å²) in [4.78, 5) is 15.2. The number of nitrogens with two attached hydrogens (primary N) is 1. The number of benzene rings is 1. The third-order valence-corrected chi connectivity index (χ3v) is 5.37. The van der Waals surface area contributed by atoms with Crippen molar-refractivity contribution < 1.29 is 9.90 Å². The Hall–Kier alpha value is -1.59. The van der Waals surface area contributed by atoms with Crippen molar-refractivity contribution in [1.82, 2.24) is 4.90 Å². The fourth-order valence-electron chi connectivity index (χ4n) is 2.78. The predicted molar refractivity (Wildman–Crippen MR) is 86.7 cm³/mol. The second-order valence-corrected chi connectivity index (χ2v) is 6.70. The summed E-state index contributed by atoms with van der Waals surface area (Å²) >= 11 is 1.45. The molecule has 0 saturated heterocycles. The number of carbonyl (C=O) groups excluding carboxylic acids is 1. The van der Waals surface area contributed by atoms with Gasteiger partial charge in [-0.05, 0) is 38.3 Å². The van der Waals surface area contributed by atoms with E-state index >= 15 is 0 Å². The van der Waals surface area contributed by atoms with Gasteiger partial charge in [0.15, 0.2) is 0 Å². The lowest BCUT2D eigenvalue weighted by Gasteiger charge is -2.37. The van der Waals surface area contributed by atoms with Gasteiger partial charge in [-0.3, -0.25) is 4.79 Å². The van der Waals surface area contributed by atoms with Gasteiger partial charge in [-0.25, -0.2) is 0 Å². The summed E-state index contributed by atoms with van der Waals surface area (Å²) in [5, 5.41) is 10.2. The zero-order chi connectivity index (χ0) is 15.0. The lowest BCUT2D eigenvalue weighted by molar-refractivity contribution is 0.0531. The Labute approximate surface area is 128 Å². The number of hydrogen-bond acceptors (Lipinski definition) is 4. The third kappa shape index (κ3) is 2.51. The number of hydrogen-bond donors (Lipinski definition) is 2. The first-order chi connectivity index (χ1) is 10.1. The van der Waals surface area contributed by atoms with E-state index in [4.69, 9.17) is 5.73 Å². The number of anilines is 1. The number of aryl methyl sites for hydroxylation is 1. The lowest BCUT2D eigenvalue weighted by atomic mass is 9.91. The number of carbonyl (C=O) groups is 1. The highest BCUT2D eigenvalue weighted by molar-refractivity contribution is 7.21. The number of nitrogen functional groups attached to an aromatic ring is 1. The van der Waals surface area contributed by atoms with Crippen LogP contribution in [0.4, 0.5) is 5.69 Å². The van der Waals surface area contributed by atoms with Gasteiger partial charge in [0, 0.05) is 22.7 Å². The molecule has 1 aromatic heterocycles. The van der Waals surface area contributed by atoms with Crippen molar-refractivity contribution in [1.29, 1.82) is 0 Å². The topological polar surface area (TPSA) is 66.6 Å². The molecule has 1 heterocycles. The summed E-state index contributed by atoms with van der Waals surface area (Å²) in [5.74, 6) is -0.0369. The highest BCUT2D eigenvalue weighted by Gasteiger charge is 2.31. The molecule has 1 saturated carbocycles. The van der Waals surface area contributed by atoms with Crippen molar-refractivity contribution in [2.75, 3.05) is 18.9 Å². The zero-order valence-corrected chi connectivity index (χ0v) is 12.9. The Morgan fingerprint density at radius 3 is 2.86 bits per heavy atom. The first-order valence-corrected chi connectivity index (χ1v) is 8.14. The number of fused-ring (bicyclic) bond motifs is 1. The molecule has 0 aliphatic heterocycles. The van der Waals surface area contributed by atoms with Gasteiger partial charge in [0.05, 0.1) is 12.3 Å². The first-order valence-electron chi connectivity index (χ1n) is 7.32. The highest BCUT2D eigenvalue weighted by Crippen LogP contribution is 2.36. The molecule has 0 atom stereocenters. The molecule has 0 spiro atoms. The van der Waals surface area contributed by atoms with Crippen molar-refractivity contribution in [2.24, 2.45) is 0 Å². The zero-order valence-electron chi connectivity index (χ0n) is 12.1. The lowest BCUT2D eigenvalue weighted by Crippen LogP contribution is -2.45. The fraction of sp³-hybridized carbons (Fsp3) is 0.438. The van der Waals surface area contributed by atoms with Gasteiger partial charge in [-0.15, -0.1) is 11.3 Å². The van der Waals surface area contributed by atoms with E-state index in [1.165, 1.54) is 11.3 Å². The summed E-state index contributed by atoms with van der Waals surface area (Å²) in [7, 11) is 0. The molecule has 5 heteroatoms. The van der Waals surface area contributed by atoms with Gasteiger partial charge in [0.25, 0.3) is 5.91 Å². The molecule has 1 fully saturated rings. The van der Waals surface area contributed by atoms with Gasteiger partial charge >= 0.3 is 0 Å². The monoisotopic (exact) mass is 304 g/mol. The number of amides is 1. The fourth-order valence-corrected chi connectivity index (χ4v) is 3.84. The van der Waals surface area contributed by atoms with Crippen LogP contribution < -0.4 is 5.73 Å². The van der Waals surface area contributed by atoms with Crippen LogP contribution in [0.1, 0.15) is 34.5 Å². The van der Waals surface area contributed by atoms with Gasteiger partial charge in [0.2, 0.25) is 0 Å². The van der Waals surface area contributed by atoms with Crippen molar-refractivity contribution in [3.05, 3.63) is 28.6 Å². The average Bonchev–Trinajstić information content (AvgIpc) is 2.73. The summed E-state index contributed by atoms with van der Waals surface area (Å²) in [6.45, 7) is 2.40. The summed E-state index contributed by atoms with van der Waals surface area (Å²) in [6, 6.07) is 6.33. The van der Waals surface area contributed by atoms with Crippen LogP contribution in [0, 0.1) is 6.92 Å². The Morgan fingerprint density at radius 1 is 1.48 bits per heavy atom. The maximum Gasteiger partial charge on any atom is 0.266 e. The summed E-state index contributed by atoms with van der Waals surface area (Å²) < 4.78 is 1.04. The molecular weight excluding hydrogens is 284 g/mol. The number of nitrogens with zero attached hydrogens (tertiary/aromatic N) is 1. The third-order valence-electron chi connectivity index (χ3n) is 4.19. The van der Waals surface area contributed by atoms with E-state index in [0.29, 0.717) is 17.1 Å². The molecule has 1 aliphatic rings. The van der Waals surface area contributed by atoms with Crippen LogP contribution in [0.3, 0.4) is 0 Å². The standard InChI is InChI=1S/C16H20N2O2S/c1-10-5-6-13-12(9-10)14(17)15(21-13)16(20)18(7-8-19)11-3-2-4-11/h5-6,9,11,19H,2-4,7-8,17H2,1H3. The SMILES string of the molecule is Cc1ccc2sc(C(=O)N(CCO)C3CCC3)c(N)c2c1. The molecule has 0 unspecified atom stereocenters. The van der Waals surface area contributed by atoms with Gasteiger partial charge in [-0.2, -0.15) is 0 Å². The Morgan fingerprint density at radius 2 is 2.24 bits per heavy atom. The molecule has 3 rings (SSSR count). The summed E-state index contributed by atoms with van der Waals surface area (Å²) in [5.41, 5.74) is 7.91. The largest absolute Gasteiger partial charge is 0.397 e. The van der Waals surface area contributed by atoms with Crippen molar-refractivity contribution >= 4 is 33.0 Å². The van der Waals surface area contributed by atoms with Crippen LogP contribution in [0.2, 0.25) is 0 Å². The molecule has 21 heavy (non-hydrogen) atoms. The van der Waals surface area contributed by atoms with E-state index in [-0.39, 0.29) is 18.6 Å². The van der Waals surface area contributed by atoms with Crippen molar-refractivity contribution in [3.63, 3.8) is 0 Å². The molecule has 0 bridgehead atoms. The predicted octanol–water partition coefficient (Wildman–Crippen LogP) is 2.78. The molecular formula is C16H20N2O2S. The smallest absolute Gasteiger partial charge is 0.266 e.